The number of nitrogens with zero attached hydrogens (tertiary/aromatic N) is 2. The van der Waals surface area contributed by atoms with Crippen LogP contribution < -0.4 is 9.64 Å². The number of anilines is 1. The number of aromatic nitrogens is 1. The first-order chi connectivity index (χ1) is 14.9. The largest absolute Gasteiger partial charge is 0.489 e. The molecule has 2 bridgehead atoms. The molecular weight excluding hydrogens is 442 g/mol. The maximum atomic E-state index is 12.9. The van der Waals surface area contributed by atoms with E-state index < -0.39 is 41.1 Å². The number of halogens is 6. The molecule has 0 saturated carbocycles. The predicted molar refractivity (Wildman–Crippen MR) is 101 cm³/mol. The molecule has 0 aliphatic carbocycles. The van der Waals surface area contributed by atoms with Crippen LogP contribution in [0.1, 0.15) is 47.2 Å². The van der Waals surface area contributed by atoms with Crippen LogP contribution in [0.5, 0.6) is 5.75 Å². The van der Waals surface area contributed by atoms with E-state index >= 15 is 0 Å². The molecule has 4 rings (SSSR count). The number of rotatable bonds is 4. The lowest BCUT2D eigenvalue weighted by Crippen LogP contribution is -2.47. The van der Waals surface area contributed by atoms with Gasteiger partial charge < -0.3 is 14.7 Å². The molecule has 0 radical (unpaired) electrons. The van der Waals surface area contributed by atoms with Gasteiger partial charge in [0.15, 0.2) is 0 Å². The quantitative estimate of drug-likeness (QED) is 0.620. The summed E-state index contributed by atoms with van der Waals surface area (Å²) in [5, 5.41) is 9.33. The molecule has 0 amide bonds. The molecule has 172 valence electrons. The molecular formula is C21H18F6N2O3. The summed E-state index contributed by atoms with van der Waals surface area (Å²) < 4.78 is 82.9. The molecule has 5 nitrogen and oxygen atoms in total. The number of carboxylic acid groups (broad SMARTS) is 1. The van der Waals surface area contributed by atoms with E-state index in [0.29, 0.717) is 24.7 Å². The van der Waals surface area contributed by atoms with E-state index in [-0.39, 0.29) is 17.8 Å². The standard InChI is InChI=1S/C21H18F6N2O3/c22-20(23,24)11-1-5-17(16(7-11)19(30)31)32-15-8-13-3-4-14(9-15)29(13)18-6-2-12(10-28-18)21(25,26)27/h1-2,5-7,10,13-15H,3-4,8-9H2,(H,30,31)/t13-,14+,15+. The number of hydrogen-bond donors (Lipinski definition) is 1. The Labute approximate surface area is 178 Å². The van der Waals surface area contributed by atoms with Crippen LogP contribution in [0.25, 0.3) is 0 Å². The Morgan fingerprint density at radius 1 is 0.969 bits per heavy atom. The third-order valence-corrected chi connectivity index (χ3v) is 5.86. The maximum absolute atomic E-state index is 12.9. The molecule has 3 heterocycles. The van der Waals surface area contributed by atoms with Gasteiger partial charge in [-0.25, -0.2) is 9.78 Å². The number of piperidine rings is 1. The summed E-state index contributed by atoms with van der Waals surface area (Å²) in [7, 11) is 0. The Hall–Kier alpha value is -2.98. The SMILES string of the molecule is O=C(O)c1cc(C(F)(F)F)ccc1O[C@H]1C[C@H]2CC[C@@H](C1)N2c1ccc(C(F)(F)F)cn1. The smallest absolute Gasteiger partial charge is 0.417 e. The molecule has 2 aromatic rings. The van der Waals surface area contributed by atoms with Crippen LogP contribution >= 0.6 is 0 Å². The highest BCUT2D eigenvalue weighted by Crippen LogP contribution is 2.41. The minimum absolute atomic E-state index is 0.0780. The Balaban J connectivity index is 1.50. The monoisotopic (exact) mass is 460 g/mol. The first-order valence-corrected chi connectivity index (χ1v) is 9.86. The minimum Gasteiger partial charge on any atom is -0.489 e. The third-order valence-electron chi connectivity index (χ3n) is 5.86. The van der Waals surface area contributed by atoms with Crippen LogP contribution in [0.2, 0.25) is 0 Å². The van der Waals surface area contributed by atoms with Crippen molar-refractivity contribution in [2.45, 2.75) is 56.2 Å². The molecule has 32 heavy (non-hydrogen) atoms. The molecule has 11 heteroatoms. The number of hydrogen-bond acceptors (Lipinski definition) is 4. The van der Waals surface area contributed by atoms with Gasteiger partial charge in [0.1, 0.15) is 23.2 Å². The Morgan fingerprint density at radius 2 is 1.56 bits per heavy atom. The predicted octanol–water partition coefficient (Wildman–Crippen LogP) is 5.40. The number of carboxylic acids is 1. The topological polar surface area (TPSA) is 62.7 Å². The number of ether oxygens (including phenoxy) is 1. The van der Waals surface area contributed by atoms with E-state index in [1.165, 1.54) is 6.07 Å². The van der Waals surface area contributed by atoms with E-state index in [4.69, 9.17) is 4.74 Å². The summed E-state index contributed by atoms with van der Waals surface area (Å²) in [5.74, 6) is -1.25. The van der Waals surface area contributed by atoms with E-state index in [1.807, 2.05) is 4.90 Å². The van der Waals surface area contributed by atoms with Crippen LogP contribution in [-0.4, -0.2) is 34.2 Å². The van der Waals surface area contributed by atoms with Crippen molar-refractivity contribution in [1.29, 1.82) is 0 Å². The molecule has 2 fully saturated rings. The minimum atomic E-state index is -4.68. The van der Waals surface area contributed by atoms with Gasteiger partial charge in [-0.15, -0.1) is 0 Å². The zero-order valence-electron chi connectivity index (χ0n) is 16.5. The van der Waals surface area contributed by atoms with Crippen LogP contribution in [0.3, 0.4) is 0 Å². The normalized spacial score (nSPS) is 23.3. The molecule has 3 atom stereocenters. The molecule has 2 saturated heterocycles. The molecule has 1 aromatic carbocycles. The van der Waals surface area contributed by atoms with Crippen molar-refractivity contribution in [3.8, 4) is 5.75 Å². The molecule has 0 spiro atoms. The van der Waals surface area contributed by atoms with Gasteiger partial charge >= 0.3 is 18.3 Å². The summed E-state index contributed by atoms with van der Waals surface area (Å²) in [4.78, 5) is 17.4. The van der Waals surface area contributed by atoms with Crippen molar-refractivity contribution >= 4 is 11.8 Å². The highest BCUT2D eigenvalue weighted by molar-refractivity contribution is 5.91. The van der Waals surface area contributed by atoms with Gasteiger partial charge in [-0.1, -0.05) is 0 Å². The second-order valence-electron chi connectivity index (χ2n) is 7.92. The zero-order chi connectivity index (χ0) is 23.3. The second-order valence-corrected chi connectivity index (χ2v) is 7.92. The van der Waals surface area contributed by atoms with Crippen molar-refractivity contribution < 1.29 is 41.0 Å². The van der Waals surface area contributed by atoms with E-state index in [9.17, 15) is 36.2 Å². The van der Waals surface area contributed by atoms with Gasteiger partial charge in [0.25, 0.3) is 0 Å². The lowest BCUT2D eigenvalue weighted by Gasteiger charge is -2.39. The fourth-order valence-electron chi connectivity index (χ4n) is 4.46. The lowest BCUT2D eigenvalue weighted by molar-refractivity contribution is -0.138. The van der Waals surface area contributed by atoms with E-state index in [0.717, 1.165) is 37.2 Å². The van der Waals surface area contributed by atoms with Gasteiger partial charge in [-0.05, 0) is 43.2 Å². The van der Waals surface area contributed by atoms with Gasteiger partial charge in [-0.3, -0.25) is 0 Å². The number of carbonyl (C=O) groups is 1. The summed E-state index contributed by atoms with van der Waals surface area (Å²) in [6.07, 6.45) is -6.40. The number of alkyl halides is 6. The summed E-state index contributed by atoms with van der Waals surface area (Å²) in [6.45, 7) is 0. The van der Waals surface area contributed by atoms with E-state index in [2.05, 4.69) is 4.98 Å². The third kappa shape index (κ3) is 4.33. The van der Waals surface area contributed by atoms with Crippen molar-refractivity contribution in [3.05, 3.63) is 53.2 Å². The Bertz CT molecular complexity index is 992. The first-order valence-electron chi connectivity index (χ1n) is 9.86. The summed E-state index contributed by atoms with van der Waals surface area (Å²) in [6, 6.07) is 4.49. The Kier molecular flexibility index (Phi) is 5.46. The molecule has 2 aliphatic heterocycles. The van der Waals surface area contributed by atoms with Crippen LogP contribution in [0, 0.1) is 0 Å². The number of fused-ring (bicyclic) bond motifs is 2. The molecule has 1 N–H and O–H groups in total. The summed E-state index contributed by atoms with van der Waals surface area (Å²) in [5.41, 5.74) is -2.49. The van der Waals surface area contributed by atoms with Crippen LogP contribution in [0.4, 0.5) is 32.2 Å². The molecule has 1 aromatic heterocycles. The van der Waals surface area contributed by atoms with Crippen molar-refractivity contribution in [2.75, 3.05) is 4.90 Å². The molecule has 2 aliphatic rings. The van der Waals surface area contributed by atoms with Crippen LogP contribution in [0.15, 0.2) is 36.5 Å². The fraction of sp³-hybridized carbons (Fsp3) is 0.429. The van der Waals surface area contributed by atoms with Gasteiger partial charge in [0.2, 0.25) is 0 Å². The highest BCUT2D eigenvalue weighted by Gasteiger charge is 2.43. The number of aromatic carboxylic acids is 1. The van der Waals surface area contributed by atoms with Crippen molar-refractivity contribution in [1.82, 2.24) is 4.98 Å². The van der Waals surface area contributed by atoms with Gasteiger partial charge in [0.05, 0.1) is 11.1 Å². The maximum Gasteiger partial charge on any atom is 0.417 e. The average molecular weight is 460 g/mol. The molecule has 0 unspecified atom stereocenters. The fourth-order valence-corrected chi connectivity index (χ4v) is 4.46. The lowest BCUT2D eigenvalue weighted by atomic mass is 9.99. The number of pyridine rings is 1. The van der Waals surface area contributed by atoms with E-state index in [1.54, 1.807) is 0 Å². The highest BCUT2D eigenvalue weighted by atomic mass is 19.4. The van der Waals surface area contributed by atoms with Crippen LogP contribution in [-0.2, 0) is 12.4 Å². The number of benzene rings is 1. The average Bonchev–Trinajstić information content (AvgIpc) is 2.97. The van der Waals surface area contributed by atoms with Crippen molar-refractivity contribution in [3.63, 3.8) is 0 Å². The van der Waals surface area contributed by atoms with Gasteiger partial charge in [-0.2, -0.15) is 26.3 Å². The van der Waals surface area contributed by atoms with Crippen molar-refractivity contribution in [2.24, 2.45) is 0 Å². The Morgan fingerprint density at radius 3 is 2.06 bits per heavy atom. The summed E-state index contributed by atoms with van der Waals surface area (Å²) >= 11 is 0. The second kappa shape index (κ2) is 7.86. The van der Waals surface area contributed by atoms with Gasteiger partial charge in [0, 0.05) is 31.1 Å². The zero-order valence-corrected chi connectivity index (χ0v) is 16.5. The first kappa shape index (κ1) is 22.2.